The van der Waals surface area contributed by atoms with E-state index in [1.54, 1.807) is 7.11 Å². The van der Waals surface area contributed by atoms with Crippen molar-refractivity contribution in [2.45, 2.75) is 38.3 Å². The number of nitrogens with one attached hydrogen (secondary N) is 1. The van der Waals surface area contributed by atoms with E-state index in [2.05, 4.69) is 14.8 Å². The number of hydrogen-bond acceptors (Lipinski definition) is 3. The van der Waals surface area contributed by atoms with Crippen LogP contribution in [0.3, 0.4) is 0 Å². The number of nitrogens with zero attached hydrogens (tertiary/aromatic N) is 2. The molecule has 0 spiro atoms. The van der Waals surface area contributed by atoms with Crippen LogP contribution in [-0.4, -0.2) is 21.9 Å². The minimum absolute atomic E-state index is 0.531. The van der Waals surface area contributed by atoms with Gasteiger partial charge >= 0.3 is 0 Å². The normalized spacial score (nSPS) is 17.8. The summed E-state index contributed by atoms with van der Waals surface area (Å²) in [5, 5.41) is 7.01. The van der Waals surface area contributed by atoms with Crippen molar-refractivity contribution in [3.05, 3.63) is 10.6 Å². The standard InChI is InChI=1S/C9H15N3OS/c1-13-6-8-10-11-9(14)12(8)7-4-2-3-5-7/h7H,2-6H2,1H3,(H,11,14). The molecule has 1 aromatic rings. The second-order valence-corrected chi connectivity index (χ2v) is 4.07. The van der Waals surface area contributed by atoms with E-state index in [-0.39, 0.29) is 0 Å². The van der Waals surface area contributed by atoms with Crippen LogP contribution in [0.25, 0.3) is 0 Å². The van der Waals surface area contributed by atoms with Crippen molar-refractivity contribution in [1.82, 2.24) is 14.8 Å². The molecule has 0 amide bonds. The van der Waals surface area contributed by atoms with Gasteiger partial charge in [-0.25, -0.2) is 0 Å². The quantitative estimate of drug-likeness (QED) is 0.783. The maximum atomic E-state index is 5.21. The molecule has 0 bridgehead atoms. The van der Waals surface area contributed by atoms with E-state index in [4.69, 9.17) is 17.0 Å². The van der Waals surface area contributed by atoms with Crippen LogP contribution < -0.4 is 0 Å². The van der Waals surface area contributed by atoms with Gasteiger partial charge in [-0.15, -0.1) is 0 Å². The van der Waals surface area contributed by atoms with Gasteiger partial charge in [0.15, 0.2) is 10.6 Å². The number of H-pyrrole nitrogens is 1. The van der Waals surface area contributed by atoms with Gasteiger partial charge in [-0.05, 0) is 25.1 Å². The Morgan fingerprint density at radius 3 is 2.93 bits per heavy atom. The molecule has 1 aromatic heterocycles. The summed E-state index contributed by atoms with van der Waals surface area (Å²) in [6.07, 6.45) is 5.02. The predicted molar refractivity (Wildman–Crippen MR) is 55.6 cm³/mol. The molecule has 0 atom stereocenters. The summed E-state index contributed by atoms with van der Waals surface area (Å²) in [6, 6.07) is 0.534. The Bertz CT molecular complexity index is 351. The van der Waals surface area contributed by atoms with Gasteiger partial charge in [0.1, 0.15) is 6.61 Å². The van der Waals surface area contributed by atoms with E-state index >= 15 is 0 Å². The van der Waals surface area contributed by atoms with Crippen molar-refractivity contribution >= 4 is 12.2 Å². The smallest absolute Gasteiger partial charge is 0.195 e. The van der Waals surface area contributed by atoms with Crippen LogP contribution in [-0.2, 0) is 11.3 Å². The number of hydrogen-bond donors (Lipinski definition) is 1. The molecule has 1 saturated carbocycles. The lowest BCUT2D eigenvalue weighted by atomic mass is 10.2. The first kappa shape index (κ1) is 9.86. The van der Waals surface area contributed by atoms with Crippen molar-refractivity contribution < 1.29 is 4.74 Å². The monoisotopic (exact) mass is 213 g/mol. The summed E-state index contributed by atoms with van der Waals surface area (Å²) in [5.74, 6) is 0.921. The molecule has 0 saturated heterocycles. The van der Waals surface area contributed by atoms with Crippen molar-refractivity contribution in [1.29, 1.82) is 0 Å². The second-order valence-electron chi connectivity index (χ2n) is 3.69. The third-order valence-electron chi connectivity index (χ3n) is 2.74. The number of methoxy groups -OCH3 is 1. The van der Waals surface area contributed by atoms with E-state index in [1.165, 1.54) is 25.7 Å². The van der Waals surface area contributed by atoms with Crippen LogP contribution in [0.15, 0.2) is 0 Å². The number of rotatable bonds is 3. The van der Waals surface area contributed by atoms with Crippen LogP contribution >= 0.6 is 12.2 Å². The molecular weight excluding hydrogens is 198 g/mol. The van der Waals surface area contributed by atoms with Gasteiger partial charge < -0.3 is 4.74 Å². The highest BCUT2D eigenvalue weighted by Gasteiger charge is 2.20. The largest absolute Gasteiger partial charge is 0.377 e. The Balaban J connectivity index is 2.28. The van der Waals surface area contributed by atoms with Gasteiger partial charge in [0, 0.05) is 13.2 Å². The third kappa shape index (κ3) is 1.74. The van der Waals surface area contributed by atoms with Gasteiger partial charge in [0.25, 0.3) is 0 Å². The minimum atomic E-state index is 0.531. The lowest BCUT2D eigenvalue weighted by Crippen LogP contribution is -2.10. The summed E-state index contributed by atoms with van der Waals surface area (Å²) in [4.78, 5) is 0. The summed E-state index contributed by atoms with van der Waals surface area (Å²) in [5.41, 5.74) is 0. The molecule has 78 valence electrons. The van der Waals surface area contributed by atoms with Gasteiger partial charge in [-0.3, -0.25) is 9.67 Å². The lowest BCUT2D eigenvalue weighted by Gasteiger charge is -2.12. The molecule has 4 nitrogen and oxygen atoms in total. The molecule has 0 aromatic carbocycles. The van der Waals surface area contributed by atoms with E-state index in [1.807, 2.05) is 0 Å². The summed E-state index contributed by atoms with van der Waals surface area (Å²) >= 11 is 5.21. The predicted octanol–water partition coefficient (Wildman–Crippen LogP) is 2.20. The second kappa shape index (κ2) is 4.23. The fraction of sp³-hybridized carbons (Fsp3) is 0.778. The van der Waals surface area contributed by atoms with Crippen LogP contribution in [0.5, 0.6) is 0 Å². The highest BCUT2D eigenvalue weighted by atomic mass is 32.1. The van der Waals surface area contributed by atoms with Crippen LogP contribution in [0, 0.1) is 4.77 Å². The molecule has 0 aliphatic heterocycles. The number of aromatic nitrogens is 3. The van der Waals surface area contributed by atoms with E-state index in [0.717, 1.165) is 10.6 Å². The Morgan fingerprint density at radius 1 is 1.57 bits per heavy atom. The third-order valence-corrected chi connectivity index (χ3v) is 3.03. The van der Waals surface area contributed by atoms with Crippen LogP contribution in [0.1, 0.15) is 37.5 Å². The van der Waals surface area contributed by atoms with E-state index in [0.29, 0.717) is 12.6 Å². The maximum absolute atomic E-state index is 5.21. The van der Waals surface area contributed by atoms with Crippen molar-refractivity contribution in [2.24, 2.45) is 0 Å². The first-order valence-corrected chi connectivity index (χ1v) is 5.38. The van der Waals surface area contributed by atoms with Crippen molar-refractivity contribution in [2.75, 3.05) is 7.11 Å². The summed E-state index contributed by atoms with van der Waals surface area (Å²) < 4.78 is 7.93. The zero-order valence-corrected chi connectivity index (χ0v) is 9.14. The topological polar surface area (TPSA) is 42.8 Å². The maximum Gasteiger partial charge on any atom is 0.195 e. The molecule has 2 rings (SSSR count). The minimum Gasteiger partial charge on any atom is -0.377 e. The average Bonchev–Trinajstić information content (AvgIpc) is 2.76. The summed E-state index contributed by atoms with van der Waals surface area (Å²) in [7, 11) is 1.68. The first-order chi connectivity index (χ1) is 6.83. The highest BCUT2D eigenvalue weighted by molar-refractivity contribution is 7.71. The molecule has 14 heavy (non-hydrogen) atoms. The number of ether oxygens (including phenoxy) is 1. The molecule has 1 aliphatic carbocycles. The Labute approximate surface area is 88.3 Å². The van der Waals surface area contributed by atoms with Crippen LogP contribution in [0.4, 0.5) is 0 Å². The zero-order valence-electron chi connectivity index (χ0n) is 8.32. The number of aromatic amines is 1. The van der Waals surface area contributed by atoms with Crippen molar-refractivity contribution in [3.8, 4) is 0 Å². The lowest BCUT2D eigenvalue weighted by molar-refractivity contribution is 0.171. The molecule has 1 N–H and O–H groups in total. The average molecular weight is 213 g/mol. The highest BCUT2D eigenvalue weighted by Crippen LogP contribution is 2.30. The Morgan fingerprint density at radius 2 is 2.29 bits per heavy atom. The molecule has 1 heterocycles. The first-order valence-electron chi connectivity index (χ1n) is 4.97. The van der Waals surface area contributed by atoms with Crippen molar-refractivity contribution in [3.63, 3.8) is 0 Å². The molecule has 1 fully saturated rings. The van der Waals surface area contributed by atoms with E-state index in [9.17, 15) is 0 Å². The molecule has 0 radical (unpaired) electrons. The SMILES string of the molecule is COCc1n[nH]c(=S)n1C1CCCC1. The van der Waals surface area contributed by atoms with Crippen LogP contribution in [0.2, 0.25) is 0 Å². The molecule has 5 heteroatoms. The van der Waals surface area contributed by atoms with Gasteiger partial charge in [-0.2, -0.15) is 5.10 Å². The molecule has 0 unspecified atom stereocenters. The van der Waals surface area contributed by atoms with Gasteiger partial charge in [0.2, 0.25) is 0 Å². The Kier molecular flexibility index (Phi) is 2.98. The summed E-state index contributed by atoms with van der Waals surface area (Å²) in [6.45, 7) is 0.531. The van der Waals surface area contributed by atoms with Gasteiger partial charge in [-0.1, -0.05) is 12.8 Å². The fourth-order valence-electron chi connectivity index (χ4n) is 2.11. The van der Waals surface area contributed by atoms with E-state index < -0.39 is 0 Å². The Hall–Kier alpha value is -0.680. The van der Waals surface area contributed by atoms with Gasteiger partial charge in [0.05, 0.1) is 0 Å². The fourth-order valence-corrected chi connectivity index (χ4v) is 2.41. The molecular formula is C9H15N3OS. The zero-order chi connectivity index (χ0) is 9.97. The molecule has 1 aliphatic rings.